The lowest BCUT2D eigenvalue weighted by atomic mass is 10.2. The first-order valence-electron chi connectivity index (χ1n) is 7.89. The summed E-state index contributed by atoms with van der Waals surface area (Å²) in [6.07, 6.45) is 3.46. The van der Waals surface area contributed by atoms with E-state index in [9.17, 15) is 0 Å². The zero-order valence-electron chi connectivity index (χ0n) is 13.7. The van der Waals surface area contributed by atoms with Crippen molar-refractivity contribution in [2.75, 3.05) is 13.2 Å². The highest BCUT2D eigenvalue weighted by Crippen LogP contribution is 2.37. The van der Waals surface area contributed by atoms with Crippen LogP contribution in [0.15, 0.2) is 16.6 Å². The van der Waals surface area contributed by atoms with E-state index < -0.39 is 0 Å². The van der Waals surface area contributed by atoms with Crippen LogP contribution in [0.1, 0.15) is 52.5 Å². The normalized spacial score (nSPS) is 11.0. The highest BCUT2D eigenvalue weighted by Gasteiger charge is 2.12. The molecule has 0 aliphatic carbocycles. The lowest BCUT2D eigenvalue weighted by Crippen LogP contribution is -2.21. The zero-order valence-corrected chi connectivity index (χ0v) is 15.3. The first-order valence-corrected chi connectivity index (χ1v) is 8.69. The van der Waals surface area contributed by atoms with Crippen molar-refractivity contribution < 1.29 is 9.47 Å². The second kappa shape index (κ2) is 10.1. The van der Waals surface area contributed by atoms with Crippen LogP contribution in [0.4, 0.5) is 0 Å². The summed E-state index contributed by atoms with van der Waals surface area (Å²) >= 11 is 3.61. The third kappa shape index (κ3) is 6.70. The van der Waals surface area contributed by atoms with Gasteiger partial charge in [0.15, 0.2) is 11.5 Å². The molecule has 1 N–H and O–H groups in total. The predicted molar refractivity (Wildman–Crippen MR) is 92.3 cm³/mol. The lowest BCUT2D eigenvalue weighted by Gasteiger charge is -2.16. The second-order valence-corrected chi connectivity index (χ2v) is 6.28. The van der Waals surface area contributed by atoms with Crippen LogP contribution in [0.5, 0.6) is 11.5 Å². The SMILES string of the molecule is CCCCCOc1c(Br)cc(CNC(C)C)cc1OCC. The fourth-order valence-electron chi connectivity index (χ4n) is 1.97. The van der Waals surface area contributed by atoms with E-state index in [1.54, 1.807) is 0 Å². The van der Waals surface area contributed by atoms with Gasteiger partial charge in [0.05, 0.1) is 17.7 Å². The van der Waals surface area contributed by atoms with Gasteiger partial charge in [0.2, 0.25) is 0 Å². The molecule has 21 heavy (non-hydrogen) atoms. The van der Waals surface area contributed by atoms with Crippen molar-refractivity contribution in [1.29, 1.82) is 0 Å². The van der Waals surface area contributed by atoms with E-state index in [1.807, 2.05) is 6.92 Å². The molecule has 0 saturated carbocycles. The molecule has 0 aliphatic heterocycles. The summed E-state index contributed by atoms with van der Waals surface area (Å²) in [6, 6.07) is 4.63. The van der Waals surface area contributed by atoms with Crippen LogP contribution in [0.25, 0.3) is 0 Å². The molecule has 0 heterocycles. The Labute approximate surface area is 137 Å². The number of hydrogen-bond acceptors (Lipinski definition) is 3. The quantitative estimate of drug-likeness (QED) is 0.603. The summed E-state index contributed by atoms with van der Waals surface area (Å²) in [4.78, 5) is 0. The number of benzene rings is 1. The van der Waals surface area contributed by atoms with Crippen molar-refractivity contribution in [2.45, 2.75) is 59.5 Å². The minimum atomic E-state index is 0.462. The standard InChI is InChI=1S/C17H28BrNO2/c1-5-7-8-9-21-17-15(18)10-14(12-19-13(3)4)11-16(17)20-6-2/h10-11,13,19H,5-9,12H2,1-4H3. The second-order valence-electron chi connectivity index (χ2n) is 5.43. The van der Waals surface area contributed by atoms with Gasteiger partial charge in [0.25, 0.3) is 0 Å². The molecule has 0 aromatic heterocycles. The lowest BCUT2D eigenvalue weighted by molar-refractivity contribution is 0.269. The molecule has 3 nitrogen and oxygen atoms in total. The van der Waals surface area contributed by atoms with Gasteiger partial charge in [-0.2, -0.15) is 0 Å². The fourth-order valence-corrected chi connectivity index (χ4v) is 2.58. The highest BCUT2D eigenvalue weighted by molar-refractivity contribution is 9.10. The number of hydrogen-bond donors (Lipinski definition) is 1. The molecule has 0 unspecified atom stereocenters. The van der Waals surface area contributed by atoms with Crippen LogP contribution in [-0.2, 0) is 6.54 Å². The van der Waals surface area contributed by atoms with E-state index in [1.165, 1.54) is 18.4 Å². The minimum Gasteiger partial charge on any atom is -0.490 e. The summed E-state index contributed by atoms with van der Waals surface area (Å²) in [6.45, 7) is 10.7. The van der Waals surface area contributed by atoms with Gasteiger partial charge in [-0.15, -0.1) is 0 Å². The Hall–Kier alpha value is -0.740. The van der Waals surface area contributed by atoms with E-state index in [0.717, 1.165) is 35.5 Å². The van der Waals surface area contributed by atoms with Crippen molar-refractivity contribution in [3.8, 4) is 11.5 Å². The summed E-state index contributed by atoms with van der Waals surface area (Å²) in [7, 11) is 0. The average Bonchev–Trinajstić information content (AvgIpc) is 2.43. The molecule has 0 amide bonds. The van der Waals surface area contributed by atoms with E-state index in [2.05, 4.69) is 54.2 Å². The summed E-state index contributed by atoms with van der Waals surface area (Å²) < 4.78 is 12.6. The summed E-state index contributed by atoms with van der Waals surface area (Å²) in [5.41, 5.74) is 1.19. The van der Waals surface area contributed by atoms with Gasteiger partial charge in [-0.3, -0.25) is 0 Å². The van der Waals surface area contributed by atoms with Gasteiger partial charge >= 0.3 is 0 Å². The Morgan fingerprint density at radius 1 is 1.14 bits per heavy atom. The number of rotatable bonds is 10. The Balaban J connectivity index is 2.80. The fraction of sp³-hybridized carbons (Fsp3) is 0.647. The van der Waals surface area contributed by atoms with E-state index in [0.29, 0.717) is 12.6 Å². The number of halogens is 1. The van der Waals surface area contributed by atoms with Gasteiger partial charge in [0.1, 0.15) is 0 Å². The minimum absolute atomic E-state index is 0.462. The topological polar surface area (TPSA) is 30.5 Å². The highest BCUT2D eigenvalue weighted by atomic mass is 79.9. The van der Waals surface area contributed by atoms with Crippen molar-refractivity contribution in [2.24, 2.45) is 0 Å². The van der Waals surface area contributed by atoms with Gasteiger partial charge in [-0.25, -0.2) is 0 Å². The number of ether oxygens (including phenoxy) is 2. The van der Waals surface area contributed by atoms with E-state index in [-0.39, 0.29) is 0 Å². The molecule has 1 aromatic rings. The first kappa shape index (κ1) is 18.3. The Kier molecular flexibility index (Phi) is 8.77. The van der Waals surface area contributed by atoms with Gasteiger partial charge in [-0.05, 0) is 47.0 Å². The molecular weight excluding hydrogens is 330 g/mol. The summed E-state index contributed by atoms with van der Waals surface area (Å²) in [5.74, 6) is 1.64. The van der Waals surface area contributed by atoms with Gasteiger partial charge < -0.3 is 14.8 Å². The molecule has 120 valence electrons. The van der Waals surface area contributed by atoms with Crippen LogP contribution in [-0.4, -0.2) is 19.3 Å². The first-order chi connectivity index (χ1) is 10.1. The maximum Gasteiger partial charge on any atom is 0.175 e. The molecule has 0 saturated heterocycles. The molecule has 0 spiro atoms. The third-order valence-electron chi connectivity index (χ3n) is 3.08. The maximum atomic E-state index is 5.91. The number of unbranched alkanes of at least 4 members (excludes halogenated alkanes) is 2. The molecular formula is C17H28BrNO2. The van der Waals surface area contributed by atoms with Gasteiger partial charge in [0, 0.05) is 12.6 Å². The molecule has 0 bridgehead atoms. The van der Waals surface area contributed by atoms with Crippen molar-refractivity contribution >= 4 is 15.9 Å². The van der Waals surface area contributed by atoms with Crippen molar-refractivity contribution in [3.05, 3.63) is 22.2 Å². The van der Waals surface area contributed by atoms with Gasteiger partial charge in [-0.1, -0.05) is 33.6 Å². The van der Waals surface area contributed by atoms with Crippen molar-refractivity contribution in [3.63, 3.8) is 0 Å². The molecule has 0 fully saturated rings. The molecule has 1 aromatic carbocycles. The summed E-state index contributed by atoms with van der Waals surface area (Å²) in [5, 5.41) is 3.42. The van der Waals surface area contributed by atoms with Crippen LogP contribution in [0.3, 0.4) is 0 Å². The number of nitrogens with one attached hydrogen (secondary N) is 1. The van der Waals surface area contributed by atoms with Crippen molar-refractivity contribution in [1.82, 2.24) is 5.32 Å². The molecule has 0 atom stereocenters. The molecule has 0 aliphatic rings. The Bertz CT molecular complexity index is 421. The molecule has 4 heteroatoms. The van der Waals surface area contributed by atoms with E-state index >= 15 is 0 Å². The maximum absolute atomic E-state index is 5.91. The Morgan fingerprint density at radius 3 is 2.52 bits per heavy atom. The van der Waals surface area contributed by atoms with E-state index in [4.69, 9.17) is 9.47 Å². The largest absolute Gasteiger partial charge is 0.490 e. The van der Waals surface area contributed by atoms with Crippen LogP contribution in [0.2, 0.25) is 0 Å². The smallest absolute Gasteiger partial charge is 0.175 e. The average molecular weight is 358 g/mol. The zero-order chi connectivity index (χ0) is 15.7. The molecule has 0 radical (unpaired) electrons. The van der Waals surface area contributed by atoms with Crippen LogP contribution < -0.4 is 14.8 Å². The monoisotopic (exact) mass is 357 g/mol. The Morgan fingerprint density at radius 2 is 1.90 bits per heavy atom. The molecule has 1 rings (SSSR count). The predicted octanol–water partition coefficient (Wildman–Crippen LogP) is 4.91. The van der Waals surface area contributed by atoms with Crippen LogP contribution >= 0.6 is 15.9 Å². The third-order valence-corrected chi connectivity index (χ3v) is 3.67. The van der Waals surface area contributed by atoms with Crippen LogP contribution in [0, 0.1) is 0 Å².